The Morgan fingerprint density at radius 2 is 1.57 bits per heavy atom. The van der Waals surface area contributed by atoms with E-state index in [2.05, 4.69) is 25.6 Å². The minimum Gasteiger partial charge on any atom is -0.324 e. The van der Waals surface area contributed by atoms with E-state index < -0.39 is 0 Å². The van der Waals surface area contributed by atoms with Gasteiger partial charge in [0.15, 0.2) is 0 Å². The number of anilines is 3. The lowest BCUT2D eigenvalue weighted by Gasteiger charge is -2.11. The molecule has 0 saturated carbocycles. The summed E-state index contributed by atoms with van der Waals surface area (Å²) in [5.74, 6) is 0.0250. The summed E-state index contributed by atoms with van der Waals surface area (Å²) < 4.78 is 0. The molecule has 0 bridgehead atoms. The van der Waals surface area contributed by atoms with Crippen LogP contribution in [0.15, 0.2) is 91.4 Å². The molecule has 0 aliphatic rings. The fourth-order valence-corrected chi connectivity index (χ4v) is 2.75. The first-order valence-corrected chi connectivity index (χ1v) is 8.75. The third kappa shape index (κ3) is 4.02. The summed E-state index contributed by atoms with van der Waals surface area (Å²) >= 11 is 0. The molecule has 6 heteroatoms. The van der Waals surface area contributed by atoms with Crippen molar-refractivity contribution in [3.8, 4) is 11.1 Å². The van der Waals surface area contributed by atoms with Crippen molar-refractivity contribution in [3.05, 3.63) is 97.1 Å². The molecule has 2 aromatic heterocycles. The standard InChI is InChI=1S/C22H17N5O/c28-21(19-12-14-24-22(27-19)25-17-9-5-2-6-10-17)26-20-15-23-13-11-18(20)16-7-3-1-4-8-16/h1-15H,(H,26,28)(H,24,25,27). The lowest BCUT2D eigenvalue weighted by molar-refractivity contribution is 0.102. The first-order valence-electron chi connectivity index (χ1n) is 8.75. The Labute approximate surface area is 162 Å². The number of pyridine rings is 1. The van der Waals surface area contributed by atoms with Gasteiger partial charge >= 0.3 is 0 Å². The van der Waals surface area contributed by atoms with E-state index in [0.717, 1.165) is 16.8 Å². The van der Waals surface area contributed by atoms with Gasteiger partial charge in [-0.25, -0.2) is 9.97 Å². The maximum absolute atomic E-state index is 12.7. The maximum atomic E-state index is 12.7. The molecule has 28 heavy (non-hydrogen) atoms. The number of hydrogen-bond acceptors (Lipinski definition) is 5. The highest BCUT2D eigenvalue weighted by molar-refractivity contribution is 6.05. The van der Waals surface area contributed by atoms with Gasteiger partial charge in [0.2, 0.25) is 5.95 Å². The van der Waals surface area contributed by atoms with Crippen LogP contribution in [0.5, 0.6) is 0 Å². The van der Waals surface area contributed by atoms with Crippen molar-refractivity contribution in [3.63, 3.8) is 0 Å². The van der Waals surface area contributed by atoms with E-state index in [1.807, 2.05) is 66.7 Å². The van der Waals surface area contributed by atoms with Crippen molar-refractivity contribution in [2.24, 2.45) is 0 Å². The Bertz CT molecular complexity index is 1080. The van der Waals surface area contributed by atoms with Crippen LogP contribution in [0.4, 0.5) is 17.3 Å². The summed E-state index contributed by atoms with van der Waals surface area (Å²) in [6.07, 6.45) is 4.88. The Morgan fingerprint density at radius 1 is 0.821 bits per heavy atom. The Hall–Kier alpha value is -4.06. The smallest absolute Gasteiger partial charge is 0.274 e. The molecule has 2 aromatic carbocycles. The SMILES string of the molecule is O=C(Nc1cnccc1-c1ccccc1)c1ccnc(Nc2ccccc2)n1. The zero-order valence-corrected chi connectivity index (χ0v) is 14.9. The average molecular weight is 367 g/mol. The molecule has 0 unspecified atom stereocenters. The topological polar surface area (TPSA) is 79.8 Å². The van der Waals surface area contributed by atoms with Crippen molar-refractivity contribution in [1.82, 2.24) is 15.0 Å². The number of para-hydroxylation sites is 1. The van der Waals surface area contributed by atoms with Crippen LogP contribution in [0, 0.1) is 0 Å². The van der Waals surface area contributed by atoms with Crippen LogP contribution in [-0.2, 0) is 0 Å². The van der Waals surface area contributed by atoms with Gasteiger partial charge in [-0.3, -0.25) is 9.78 Å². The summed E-state index contributed by atoms with van der Waals surface area (Å²) in [4.78, 5) is 25.4. The van der Waals surface area contributed by atoms with Crippen molar-refractivity contribution < 1.29 is 4.79 Å². The molecule has 1 amide bonds. The van der Waals surface area contributed by atoms with Crippen molar-refractivity contribution in [1.29, 1.82) is 0 Å². The van der Waals surface area contributed by atoms with Crippen molar-refractivity contribution >= 4 is 23.2 Å². The zero-order chi connectivity index (χ0) is 19.2. The molecule has 0 spiro atoms. The van der Waals surface area contributed by atoms with E-state index in [9.17, 15) is 4.79 Å². The lowest BCUT2D eigenvalue weighted by atomic mass is 10.1. The van der Waals surface area contributed by atoms with E-state index in [1.165, 1.54) is 0 Å². The average Bonchev–Trinajstić information content (AvgIpc) is 2.76. The van der Waals surface area contributed by atoms with Crippen molar-refractivity contribution in [2.75, 3.05) is 10.6 Å². The number of rotatable bonds is 5. The molecule has 6 nitrogen and oxygen atoms in total. The fraction of sp³-hybridized carbons (Fsp3) is 0. The third-order valence-electron chi connectivity index (χ3n) is 4.07. The van der Waals surface area contributed by atoms with Gasteiger partial charge in [0.05, 0.1) is 11.9 Å². The molecule has 0 saturated heterocycles. The van der Waals surface area contributed by atoms with Crippen LogP contribution < -0.4 is 10.6 Å². The first kappa shape index (κ1) is 17.4. The molecule has 2 N–H and O–H groups in total. The lowest BCUT2D eigenvalue weighted by Crippen LogP contribution is -2.15. The van der Waals surface area contributed by atoms with E-state index in [-0.39, 0.29) is 11.6 Å². The Kier molecular flexibility index (Phi) is 5.02. The summed E-state index contributed by atoms with van der Waals surface area (Å²) in [6.45, 7) is 0. The van der Waals surface area contributed by atoms with E-state index in [0.29, 0.717) is 11.6 Å². The van der Waals surface area contributed by atoms with Crippen LogP contribution >= 0.6 is 0 Å². The molecule has 4 rings (SSSR count). The molecule has 136 valence electrons. The van der Waals surface area contributed by atoms with E-state index in [4.69, 9.17) is 0 Å². The third-order valence-corrected chi connectivity index (χ3v) is 4.07. The second kappa shape index (κ2) is 8.09. The maximum Gasteiger partial charge on any atom is 0.274 e. The molecule has 0 atom stereocenters. The number of carbonyl (C=O) groups excluding carboxylic acids is 1. The normalized spacial score (nSPS) is 10.3. The molecule has 0 aliphatic carbocycles. The molecule has 0 radical (unpaired) electrons. The highest BCUT2D eigenvalue weighted by atomic mass is 16.1. The van der Waals surface area contributed by atoms with E-state index in [1.54, 1.807) is 24.7 Å². The van der Waals surface area contributed by atoms with Crippen molar-refractivity contribution in [2.45, 2.75) is 0 Å². The summed E-state index contributed by atoms with van der Waals surface area (Å²) in [5.41, 5.74) is 3.61. The van der Waals surface area contributed by atoms with Gasteiger partial charge in [-0.2, -0.15) is 0 Å². The number of aromatic nitrogens is 3. The summed E-state index contributed by atoms with van der Waals surface area (Å²) in [7, 11) is 0. The predicted molar refractivity (Wildman–Crippen MR) is 109 cm³/mol. The number of nitrogens with zero attached hydrogens (tertiary/aromatic N) is 3. The molecular weight excluding hydrogens is 350 g/mol. The molecule has 0 fully saturated rings. The van der Waals surface area contributed by atoms with Gasteiger partial charge in [0.1, 0.15) is 5.69 Å². The van der Waals surface area contributed by atoms with Crippen LogP contribution in [-0.4, -0.2) is 20.9 Å². The largest absolute Gasteiger partial charge is 0.324 e. The fourth-order valence-electron chi connectivity index (χ4n) is 2.75. The second-order valence-electron chi connectivity index (χ2n) is 6.00. The van der Waals surface area contributed by atoms with Gasteiger partial charge in [-0.05, 0) is 29.8 Å². The van der Waals surface area contributed by atoms with E-state index >= 15 is 0 Å². The highest BCUT2D eigenvalue weighted by Gasteiger charge is 2.13. The van der Waals surface area contributed by atoms with Gasteiger partial charge in [0, 0.05) is 23.6 Å². The van der Waals surface area contributed by atoms with Crippen LogP contribution in [0.3, 0.4) is 0 Å². The minimum absolute atomic E-state index is 0.260. The van der Waals surface area contributed by atoms with Crippen LogP contribution in [0.1, 0.15) is 10.5 Å². The predicted octanol–water partition coefficient (Wildman–Crippen LogP) is 4.53. The van der Waals surface area contributed by atoms with Gasteiger partial charge in [0.25, 0.3) is 5.91 Å². The monoisotopic (exact) mass is 367 g/mol. The minimum atomic E-state index is -0.330. The summed E-state index contributed by atoms with van der Waals surface area (Å²) in [6, 6.07) is 22.8. The number of amides is 1. The Morgan fingerprint density at radius 3 is 2.36 bits per heavy atom. The highest BCUT2D eigenvalue weighted by Crippen LogP contribution is 2.27. The molecule has 2 heterocycles. The Balaban J connectivity index is 1.56. The van der Waals surface area contributed by atoms with Crippen LogP contribution in [0.2, 0.25) is 0 Å². The second-order valence-corrected chi connectivity index (χ2v) is 6.00. The van der Waals surface area contributed by atoms with Gasteiger partial charge < -0.3 is 10.6 Å². The molecular formula is C22H17N5O. The first-order chi connectivity index (χ1) is 13.8. The molecule has 0 aliphatic heterocycles. The molecule has 4 aromatic rings. The van der Waals surface area contributed by atoms with Gasteiger partial charge in [-0.15, -0.1) is 0 Å². The van der Waals surface area contributed by atoms with Gasteiger partial charge in [-0.1, -0.05) is 48.5 Å². The summed E-state index contributed by atoms with van der Waals surface area (Å²) in [5, 5.41) is 5.98. The quantitative estimate of drug-likeness (QED) is 0.541. The number of carbonyl (C=O) groups is 1. The number of hydrogen-bond donors (Lipinski definition) is 2. The zero-order valence-electron chi connectivity index (χ0n) is 14.9. The van der Waals surface area contributed by atoms with Crippen LogP contribution in [0.25, 0.3) is 11.1 Å². The number of benzene rings is 2. The number of nitrogens with one attached hydrogen (secondary N) is 2.